The van der Waals surface area contributed by atoms with Crippen LogP contribution < -0.4 is 0 Å². The van der Waals surface area contributed by atoms with E-state index in [0.29, 0.717) is 13.1 Å². The molecule has 0 spiro atoms. The van der Waals surface area contributed by atoms with Crippen molar-refractivity contribution in [1.29, 1.82) is 0 Å². The summed E-state index contributed by atoms with van der Waals surface area (Å²) in [6.45, 7) is 6.81. The van der Waals surface area contributed by atoms with E-state index in [-0.39, 0.29) is 6.09 Å². The maximum Gasteiger partial charge on any atom is 0.410 e. The summed E-state index contributed by atoms with van der Waals surface area (Å²) in [5.74, 6) is 0. The highest BCUT2D eigenvalue weighted by molar-refractivity contribution is 5.69. The minimum atomic E-state index is -0.479. The number of carbonyl (C=O) groups is 1. The van der Waals surface area contributed by atoms with Crippen LogP contribution in [0.2, 0.25) is 0 Å². The Hall–Kier alpha value is -2.37. The van der Waals surface area contributed by atoms with E-state index in [9.17, 15) is 4.79 Å². The van der Waals surface area contributed by atoms with Gasteiger partial charge in [0.1, 0.15) is 5.60 Å². The summed E-state index contributed by atoms with van der Waals surface area (Å²) in [5.41, 5.74) is 3.69. The van der Waals surface area contributed by atoms with Gasteiger partial charge in [-0.25, -0.2) is 4.79 Å². The second-order valence-corrected chi connectivity index (χ2v) is 6.88. The summed E-state index contributed by atoms with van der Waals surface area (Å²) in [6, 6.07) is 2.09. The van der Waals surface area contributed by atoms with Gasteiger partial charge in [0.2, 0.25) is 0 Å². The second kappa shape index (κ2) is 5.68. The Kier molecular flexibility index (Phi) is 3.83. The molecular weight excluding hydrogens is 292 g/mol. The van der Waals surface area contributed by atoms with Gasteiger partial charge < -0.3 is 9.64 Å². The zero-order chi connectivity index (χ0) is 16.6. The van der Waals surface area contributed by atoms with Gasteiger partial charge >= 0.3 is 6.09 Å². The number of fused-ring (bicyclic) bond motifs is 1. The molecule has 6 heteroatoms. The fourth-order valence-electron chi connectivity index (χ4n) is 2.64. The standard InChI is InChI=1S/C17H22N4O2/c1-17(2,3)23-16(22)21-6-5-15-13(11-21)7-12(8-18-15)14-9-19-20(4)10-14/h7-10H,5-6,11H2,1-4H3. The zero-order valence-corrected chi connectivity index (χ0v) is 14.0. The molecule has 0 aromatic carbocycles. The van der Waals surface area contributed by atoms with Crippen molar-refractivity contribution < 1.29 is 9.53 Å². The van der Waals surface area contributed by atoms with Crippen LogP contribution in [0.15, 0.2) is 24.7 Å². The molecule has 2 aromatic rings. The number of ether oxygens (including phenoxy) is 1. The van der Waals surface area contributed by atoms with Crippen LogP contribution in [-0.4, -0.2) is 37.9 Å². The lowest BCUT2D eigenvalue weighted by molar-refractivity contribution is 0.0223. The number of nitrogens with zero attached hydrogens (tertiary/aromatic N) is 4. The van der Waals surface area contributed by atoms with E-state index in [1.165, 1.54) is 0 Å². The highest BCUT2D eigenvalue weighted by Gasteiger charge is 2.26. The molecular formula is C17H22N4O2. The van der Waals surface area contributed by atoms with Gasteiger partial charge in [-0.05, 0) is 32.4 Å². The average Bonchev–Trinajstić information content (AvgIpc) is 2.91. The van der Waals surface area contributed by atoms with E-state index in [0.717, 1.165) is 28.8 Å². The molecule has 0 saturated carbocycles. The van der Waals surface area contributed by atoms with Crippen LogP contribution in [-0.2, 0) is 24.8 Å². The SMILES string of the molecule is Cn1cc(-c2cnc3c(c2)CN(C(=O)OC(C)(C)C)CC3)cn1. The maximum absolute atomic E-state index is 12.3. The van der Waals surface area contributed by atoms with Crippen molar-refractivity contribution in [3.8, 4) is 11.1 Å². The fourth-order valence-corrected chi connectivity index (χ4v) is 2.64. The van der Waals surface area contributed by atoms with Crippen molar-refractivity contribution in [2.24, 2.45) is 7.05 Å². The highest BCUT2D eigenvalue weighted by Crippen LogP contribution is 2.25. The third kappa shape index (κ3) is 3.52. The fraction of sp³-hybridized carbons (Fsp3) is 0.471. The van der Waals surface area contributed by atoms with E-state index in [1.54, 1.807) is 9.58 Å². The number of hydrogen-bond donors (Lipinski definition) is 0. The quantitative estimate of drug-likeness (QED) is 0.812. The molecule has 0 bridgehead atoms. The number of hydrogen-bond acceptors (Lipinski definition) is 4. The van der Waals surface area contributed by atoms with Crippen LogP contribution in [0.5, 0.6) is 0 Å². The summed E-state index contributed by atoms with van der Waals surface area (Å²) in [7, 11) is 1.89. The molecule has 3 heterocycles. The van der Waals surface area contributed by atoms with Gasteiger partial charge in [0.15, 0.2) is 0 Å². The summed E-state index contributed by atoms with van der Waals surface area (Å²) in [5, 5.41) is 4.19. The lowest BCUT2D eigenvalue weighted by Crippen LogP contribution is -2.40. The first-order valence-electron chi connectivity index (χ1n) is 7.76. The molecule has 23 heavy (non-hydrogen) atoms. The zero-order valence-electron chi connectivity index (χ0n) is 14.0. The van der Waals surface area contributed by atoms with Gasteiger partial charge in [-0.2, -0.15) is 5.10 Å². The minimum Gasteiger partial charge on any atom is -0.444 e. The number of amides is 1. The Labute approximate surface area is 136 Å². The highest BCUT2D eigenvalue weighted by atomic mass is 16.6. The van der Waals surface area contributed by atoms with Crippen LogP contribution in [0.25, 0.3) is 11.1 Å². The molecule has 2 aromatic heterocycles. The van der Waals surface area contributed by atoms with Gasteiger partial charge in [0, 0.05) is 49.2 Å². The van der Waals surface area contributed by atoms with E-state index in [1.807, 2.05) is 46.4 Å². The first-order valence-corrected chi connectivity index (χ1v) is 7.76. The van der Waals surface area contributed by atoms with Crippen LogP contribution >= 0.6 is 0 Å². The Morgan fingerprint density at radius 3 is 2.70 bits per heavy atom. The molecule has 0 radical (unpaired) electrons. The number of carbonyl (C=O) groups excluding carboxylic acids is 1. The average molecular weight is 314 g/mol. The van der Waals surface area contributed by atoms with Gasteiger partial charge in [0.25, 0.3) is 0 Å². The van der Waals surface area contributed by atoms with Crippen molar-refractivity contribution in [3.63, 3.8) is 0 Å². The molecule has 1 amide bonds. The maximum atomic E-state index is 12.3. The first-order chi connectivity index (χ1) is 10.8. The molecule has 0 N–H and O–H groups in total. The monoisotopic (exact) mass is 314 g/mol. The van der Waals surface area contributed by atoms with Gasteiger partial charge in [-0.15, -0.1) is 0 Å². The van der Waals surface area contributed by atoms with Crippen molar-refractivity contribution in [1.82, 2.24) is 19.7 Å². The number of aromatic nitrogens is 3. The van der Waals surface area contributed by atoms with Gasteiger partial charge in [-0.3, -0.25) is 9.67 Å². The third-order valence-electron chi connectivity index (χ3n) is 3.73. The molecule has 122 valence electrons. The molecule has 1 aliphatic heterocycles. The molecule has 0 aliphatic carbocycles. The summed E-state index contributed by atoms with van der Waals surface area (Å²) in [6.07, 6.45) is 6.13. The normalized spacial score (nSPS) is 14.5. The van der Waals surface area contributed by atoms with Crippen molar-refractivity contribution in [3.05, 3.63) is 35.9 Å². The van der Waals surface area contributed by atoms with E-state index in [2.05, 4.69) is 16.1 Å². The van der Waals surface area contributed by atoms with Crippen molar-refractivity contribution >= 4 is 6.09 Å². The van der Waals surface area contributed by atoms with Crippen LogP contribution in [0.3, 0.4) is 0 Å². The Bertz CT molecular complexity index is 730. The van der Waals surface area contributed by atoms with E-state index < -0.39 is 5.60 Å². The second-order valence-electron chi connectivity index (χ2n) is 6.88. The van der Waals surface area contributed by atoms with Crippen LogP contribution in [0.1, 0.15) is 32.0 Å². The first kappa shape index (κ1) is 15.5. The number of aryl methyl sites for hydroxylation is 1. The third-order valence-corrected chi connectivity index (χ3v) is 3.73. The minimum absolute atomic E-state index is 0.269. The number of rotatable bonds is 1. The smallest absolute Gasteiger partial charge is 0.410 e. The van der Waals surface area contributed by atoms with Crippen LogP contribution in [0.4, 0.5) is 4.79 Å². The summed E-state index contributed by atoms with van der Waals surface area (Å²) in [4.78, 5) is 18.5. The molecule has 0 atom stereocenters. The molecule has 1 aliphatic rings. The largest absolute Gasteiger partial charge is 0.444 e. The van der Waals surface area contributed by atoms with Crippen LogP contribution in [0, 0.1) is 0 Å². The summed E-state index contributed by atoms with van der Waals surface area (Å²) < 4.78 is 7.23. The van der Waals surface area contributed by atoms with Crippen molar-refractivity contribution in [2.75, 3.05) is 6.54 Å². The molecule has 3 rings (SSSR count). The van der Waals surface area contributed by atoms with Crippen molar-refractivity contribution in [2.45, 2.75) is 39.3 Å². The van der Waals surface area contributed by atoms with E-state index >= 15 is 0 Å². The Balaban J connectivity index is 1.80. The van der Waals surface area contributed by atoms with Gasteiger partial charge in [-0.1, -0.05) is 0 Å². The molecule has 6 nitrogen and oxygen atoms in total. The Morgan fingerprint density at radius 2 is 2.04 bits per heavy atom. The predicted octanol–water partition coefficient (Wildman–Crippen LogP) is 2.78. The van der Waals surface area contributed by atoms with E-state index in [4.69, 9.17) is 4.74 Å². The number of pyridine rings is 1. The molecule has 0 unspecified atom stereocenters. The Morgan fingerprint density at radius 1 is 1.26 bits per heavy atom. The molecule has 0 fully saturated rings. The topological polar surface area (TPSA) is 60.2 Å². The predicted molar refractivity (Wildman–Crippen MR) is 86.8 cm³/mol. The lowest BCUT2D eigenvalue weighted by atomic mass is 10.0. The van der Waals surface area contributed by atoms with Gasteiger partial charge in [0.05, 0.1) is 12.7 Å². The summed E-state index contributed by atoms with van der Waals surface area (Å²) >= 11 is 0. The lowest BCUT2D eigenvalue weighted by Gasteiger charge is -2.30. The molecule has 0 saturated heterocycles.